The first-order valence-corrected chi connectivity index (χ1v) is 11.5. The number of carbonyl (C=O) groups is 1. The lowest BCUT2D eigenvalue weighted by molar-refractivity contribution is -0.0375. The highest BCUT2D eigenvalue weighted by atomic mass is 32.2. The normalized spacial score (nSPS) is 22.5. The van der Waals surface area contributed by atoms with Crippen LogP contribution in [0.3, 0.4) is 0 Å². The Morgan fingerprint density at radius 3 is 2.37 bits per heavy atom. The van der Waals surface area contributed by atoms with Crippen LogP contribution in [0.25, 0.3) is 0 Å². The van der Waals surface area contributed by atoms with Crippen LogP contribution in [0, 0.1) is 5.82 Å². The van der Waals surface area contributed by atoms with Crippen LogP contribution >= 0.6 is 0 Å². The van der Waals surface area contributed by atoms with Crippen molar-refractivity contribution in [3.63, 3.8) is 0 Å². The minimum Gasteiger partial charge on any atom is -0.336 e. The zero-order valence-corrected chi connectivity index (χ0v) is 18.0. The molecule has 2 heterocycles. The van der Waals surface area contributed by atoms with E-state index < -0.39 is 15.8 Å². The second-order valence-corrected chi connectivity index (χ2v) is 10.4. The van der Waals surface area contributed by atoms with Crippen molar-refractivity contribution in [2.75, 3.05) is 32.7 Å². The Morgan fingerprint density at radius 1 is 1.00 bits per heavy atom. The number of benzene rings is 2. The van der Waals surface area contributed by atoms with E-state index in [1.165, 1.54) is 16.4 Å². The maximum atomic E-state index is 14.1. The van der Waals surface area contributed by atoms with E-state index in [1.807, 2.05) is 13.8 Å². The molecule has 0 aromatic heterocycles. The summed E-state index contributed by atoms with van der Waals surface area (Å²) in [7, 11) is -3.64. The van der Waals surface area contributed by atoms with Crippen LogP contribution in [-0.4, -0.2) is 72.7 Å². The molecule has 4 rings (SSSR count). The molecule has 2 aliphatic heterocycles. The van der Waals surface area contributed by atoms with Crippen molar-refractivity contribution in [1.82, 2.24) is 14.1 Å². The van der Waals surface area contributed by atoms with Crippen molar-refractivity contribution in [3.05, 3.63) is 66.0 Å². The zero-order valence-electron chi connectivity index (χ0n) is 17.2. The first-order chi connectivity index (χ1) is 14.2. The first-order valence-electron chi connectivity index (χ1n) is 10.1. The summed E-state index contributed by atoms with van der Waals surface area (Å²) >= 11 is 0. The van der Waals surface area contributed by atoms with Gasteiger partial charge in [0.15, 0.2) is 0 Å². The van der Waals surface area contributed by atoms with Crippen LogP contribution in [-0.2, 0) is 10.0 Å². The van der Waals surface area contributed by atoms with Crippen molar-refractivity contribution in [2.24, 2.45) is 0 Å². The highest BCUT2D eigenvalue weighted by Crippen LogP contribution is 2.31. The number of halogens is 1. The second-order valence-electron chi connectivity index (χ2n) is 8.50. The monoisotopic (exact) mass is 431 g/mol. The number of carbonyl (C=O) groups excluding carboxylic acids is 1. The van der Waals surface area contributed by atoms with E-state index in [0.29, 0.717) is 32.7 Å². The standard InChI is InChI=1S/C22H26FN3O3S/c1-22(2)16-25(30(28,29)18-8-4-3-5-9-18)15-17-14-24(12-13-26(17)22)21(27)19-10-6-7-11-20(19)23/h3-11,17H,12-16H2,1-2H3/t17-/m0/s1. The fourth-order valence-corrected chi connectivity index (χ4v) is 6.20. The Bertz CT molecular complexity index is 1040. The summed E-state index contributed by atoms with van der Waals surface area (Å²) in [5.41, 5.74) is -0.326. The molecule has 0 N–H and O–H groups in total. The molecule has 160 valence electrons. The molecular weight excluding hydrogens is 405 g/mol. The Kier molecular flexibility index (Phi) is 5.42. The number of hydrogen-bond donors (Lipinski definition) is 0. The smallest absolute Gasteiger partial charge is 0.256 e. The molecule has 2 aromatic carbocycles. The van der Waals surface area contributed by atoms with E-state index in [1.54, 1.807) is 47.4 Å². The number of hydrogen-bond acceptors (Lipinski definition) is 4. The molecule has 2 fully saturated rings. The lowest BCUT2D eigenvalue weighted by Gasteiger charge is -2.55. The molecule has 2 saturated heterocycles. The third-order valence-electron chi connectivity index (χ3n) is 6.01. The number of amides is 1. The number of fused-ring (bicyclic) bond motifs is 1. The highest BCUT2D eigenvalue weighted by Gasteiger charge is 2.46. The lowest BCUT2D eigenvalue weighted by Crippen LogP contribution is -2.70. The van der Waals surface area contributed by atoms with Crippen LogP contribution in [0.5, 0.6) is 0 Å². The molecular formula is C22H26FN3O3S. The van der Waals surface area contributed by atoms with Gasteiger partial charge in [0, 0.05) is 44.3 Å². The summed E-state index contributed by atoms with van der Waals surface area (Å²) in [4.78, 5) is 17.1. The summed E-state index contributed by atoms with van der Waals surface area (Å²) in [5, 5.41) is 0. The van der Waals surface area contributed by atoms with Crippen molar-refractivity contribution in [3.8, 4) is 0 Å². The number of nitrogens with zero attached hydrogens (tertiary/aromatic N) is 3. The van der Waals surface area contributed by atoms with Crippen molar-refractivity contribution >= 4 is 15.9 Å². The molecule has 0 aliphatic carbocycles. The summed E-state index contributed by atoms with van der Waals surface area (Å²) in [6, 6.07) is 14.2. The fourth-order valence-electron chi connectivity index (χ4n) is 4.54. The molecule has 0 saturated carbocycles. The Labute approximate surface area is 176 Å². The predicted octanol–water partition coefficient (Wildman–Crippen LogP) is 2.44. The van der Waals surface area contributed by atoms with Gasteiger partial charge in [0.2, 0.25) is 10.0 Å². The topological polar surface area (TPSA) is 60.9 Å². The predicted molar refractivity (Wildman–Crippen MR) is 112 cm³/mol. The van der Waals surface area contributed by atoms with Gasteiger partial charge in [-0.1, -0.05) is 30.3 Å². The largest absolute Gasteiger partial charge is 0.336 e. The molecule has 0 radical (unpaired) electrons. The average molecular weight is 432 g/mol. The third kappa shape index (κ3) is 3.75. The number of piperazine rings is 2. The van der Waals surface area contributed by atoms with Gasteiger partial charge in [0.05, 0.1) is 10.5 Å². The van der Waals surface area contributed by atoms with E-state index in [0.717, 1.165) is 0 Å². The molecule has 1 atom stereocenters. The van der Waals surface area contributed by atoms with Gasteiger partial charge in [-0.2, -0.15) is 4.31 Å². The Balaban J connectivity index is 1.58. The lowest BCUT2D eigenvalue weighted by atomic mass is 9.94. The summed E-state index contributed by atoms with van der Waals surface area (Å²) in [5.74, 6) is -0.893. The summed E-state index contributed by atoms with van der Waals surface area (Å²) in [6.45, 7) is 6.19. The van der Waals surface area contributed by atoms with E-state index in [2.05, 4.69) is 4.90 Å². The van der Waals surface area contributed by atoms with Gasteiger partial charge in [0.1, 0.15) is 5.82 Å². The van der Waals surface area contributed by atoms with Crippen LogP contribution in [0.2, 0.25) is 0 Å². The highest BCUT2D eigenvalue weighted by molar-refractivity contribution is 7.89. The summed E-state index contributed by atoms with van der Waals surface area (Å²) < 4.78 is 42.0. The van der Waals surface area contributed by atoms with Crippen molar-refractivity contribution < 1.29 is 17.6 Å². The van der Waals surface area contributed by atoms with Crippen molar-refractivity contribution in [1.29, 1.82) is 0 Å². The molecule has 0 unspecified atom stereocenters. The van der Waals surface area contributed by atoms with Crippen LogP contribution in [0.15, 0.2) is 59.5 Å². The SMILES string of the molecule is CC1(C)CN(S(=O)(=O)c2ccccc2)C[C@@H]2CN(C(=O)c3ccccc3F)CCN21. The van der Waals surface area contributed by atoms with Gasteiger partial charge in [-0.25, -0.2) is 12.8 Å². The Hall–Kier alpha value is -2.29. The van der Waals surface area contributed by atoms with Gasteiger partial charge >= 0.3 is 0 Å². The minimum absolute atomic E-state index is 0.0507. The quantitative estimate of drug-likeness (QED) is 0.749. The molecule has 30 heavy (non-hydrogen) atoms. The van der Waals surface area contributed by atoms with Crippen LogP contribution < -0.4 is 0 Å². The maximum absolute atomic E-state index is 14.1. The fraction of sp³-hybridized carbons (Fsp3) is 0.409. The Morgan fingerprint density at radius 2 is 1.67 bits per heavy atom. The summed E-state index contributed by atoms with van der Waals surface area (Å²) in [6.07, 6.45) is 0. The molecule has 2 aromatic rings. The molecule has 2 aliphatic rings. The molecule has 6 nitrogen and oxygen atoms in total. The maximum Gasteiger partial charge on any atom is 0.256 e. The number of rotatable bonds is 3. The van der Waals surface area contributed by atoms with Gasteiger partial charge in [-0.3, -0.25) is 9.69 Å². The second kappa shape index (κ2) is 7.76. The zero-order chi connectivity index (χ0) is 21.5. The molecule has 1 amide bonds. The van der Waals surface area contributed by atoms with E-state index in [-0.39, 0.29) is 27.9 Å². The molecule has 8 heteroatoms. The van der Waals surface area contributed by atoms with Crippen LogP contribution in [0.1, 0.15) is 24.2 Å². The van der Waals surface area contributed by atoms with Gasteiger partial charge in [-0.15, -0.1) is 0 Å². The van der Waals surface area contributed by atoms with Crippen LogP contribution in [0.4, 0.5) is 4.39 Å². The number of sulfonamides is 1. The van der Waals surface area contributed by atoms with Gasteiger partial charge in [-0.05, 0) is 38.1 Å². The van der Waals surface area contributed by atoms with E-state index >= 15 is 0 Å². The van der Waals surface area contributed by atoms with Gasteiger partial charge < -0.3 is 4.90 Å². The minimum atomic E-state index is -3.64. The van der Waals surface area contributed by atoms with E-state index in [4.69, 9.17) is 0 Å². The molecule has 0 spiro atoms. The van der Waals surface area contributed by atoms with Gasteiger partial charge in [0.25, 0.3) is 5.91 Å². The van der Waals surface area contributed by atoms with Crippen molar-refractivity contribution in [2.45, 2.75) is 30.3 Å². The average Bonchev–Trinajstić information content (AvgIpc) is 2.73. The van der Waals surface area contributed by atoms with E-state index in [9.17, 15) is 17.6 Å². The first kappa shape index (κ1) is 21.0. The molecule has 0 bridgehead atoms. The third-order valence-corrected chi connectivity index (χ3v) is 7.84.